The second-order valence-electron chi connectivity index (χ2n) is 4.71. The summed E-state index contributed by atoms with van der Waals surface area (Å²) in [6.45, 7) is 2.77. The van der Waals surface area contributed by atoms with E-state index in [4.69, 9.17) is 5.11 Å². The van der Waals surface area contributed by atoms with Crippen molar-refractivity contribution in [3.8, 4) is 0 Å². The molecule has 0 amide bonds. The summed E-state index contributed by atoms with van der Waals surface area (Å²) in [6, 6.07) is 0.449. The number of nitrogens with zero attached hydrogens (tertiary/aromatic N) is 5. The molecule has 1 aromatic rings. The number of hydrogen-bond acceptors (Lipinski definition) is 5. The molecular formula is C10H17N5O2. The number of tetrazole rings is 1. The first-order chi connectivity index (χ1) is 8.08. The van der Waals surface area contributed by atoms with Crippen LogP contribution in [0.4, 0.5) is 0 Å². The molecular weight excluding hydrogens is 222 g/mol. The molecule has 2 rings (SSSR count). The zero-order chi connectivity index (χ0) is 12.4. The second-order valence-corrected chi connectivity index (χ2v) is 4.71. The molecule has 0 aromatic carbocycles. The Bertz CT molecular complexity index is 401. The SMILES string of the molecule is CC(CN(C)Cc1nnnn1C1CC1)C(=O)O. The Labute approximate surface area is 99.4 Å². The van der Waals surface area contributed by atoms with Crippen molar-refractivity contribution in [1.29, 1.82) is 0 Å². The molecule has 1 aliphatic carbocycles. The normalized spacial score (nSPS) is 17.4. The quantitative estimate of drug-likeness (QED) is 0.761. The van der Waals surface area contributed by atoms with Crippen LogP contribution in [-0.2, 0) is 11.3 Å². The van der Waals surface area contributed by atoms with Crippen LogP contribution in [-0.4, -0.2) is 49.8 Å². The molecule has 0 saturated heterocycles. The zero-order valence-corrected chi connectivity index (χ0v) is 10.1. The summed E-state index contributed by atoms with van der Waals surface area (Å²) in [4.78, 5) is 12.7. The summed E-state index contributed by atoms with van der Waals surface area (Å²) in [6.07, 6.45) is 2.26. The van der Waals surface area contributed by atoms with E-state index in [9.17, 15) is 4.79 Å². The smallest absolute Gasteiger partial charge is 0.307 e. The molecule has 1 aliphatic rings. The maximum absolute atomic E-state index is 10.8. The first-order valence-electron chi connectivity index (χ1n) is 5.76. The molecule has 1 N–H and O–H groups in total. The van der Waals surface area contributed by atoms with E-state index in [0.29, 0.717) is 19.1 Å². The maximum Gasteiger partial charge on any atom is 0.307 e. The van der Waals surface area contributed by atoms with Gasteiger partial charge in [-0.3, -0.25) is 9.69 Å². The molecule has 94 valence electrons. The number of aromatic nitrogens is 4. The van der Waals surface area contributed by atoms with Crippen molar-refractivity contribution < 1.29 is 9.90 Å². The number of aliphatic carboxylic acids is 1. The third-order valence-electron chi connectivity index (χ3n) is 2.87. The number of carboxylic acid groups (broad SMARTS) is 1. The highest BCUT2D eigenvalue weighted by Crippen LogP contribution is 2.34. The Balaban J connectivity index is 1.91. The summed E-state index contributed by atoms with van der Waals surface area (Å²) in [7, 11) is 1.88. The Hall–Kier alpha value is -1.50. The van der Waals surface area contributed by atoms with Gasteiger partial charge in [-0.2, -0.15) is 0 Å². The molecule has 0 spiro atoms. The molecule has 1 unspecified atom stereocenters. The average Bonchev–Trinajstić information content (AvgIpc) is 3.00. The van der Waals surface area contributed by atoms with E-state index in [0.717, 1.165) is 18.7 Å². The lowest BCUT2D eigenvalue weighted by Gasteiger charge is -2.18. The summed E-state index contributed by atoms with van der Waals surface area (Å²) in [5.41, 5.74) is 0. The molecule has 17 heavy (non-hydrogen) atoms. The molecule has 1 aromatic heterocycles. The summed E-state index contributed by atoms with van der Waals surface area (Å²) in [5, 5.41) is 20.4. The first-order valence-corrected chi connectivity index (χ1v) is 5.76. The fourth-order valence-corrected chi connectivity index (χ4v) is 1.77. The number of hydrogen-bond donors (Lipinski definition) is 1. The van der Waals surface area contributed by atoms with Gasteiger partial charge in [0.25, 0.3) is 0 Å². The van der Waals surface area contributed by atoms with Crippen LogP contribution in [0.1, 0.15) is 31.6 Å². The van der Waals surface area contributed by atoms with Crippen molar-refractivity contribution in [2.75, 3.05) is 13.6 Å². The zero-order valence-electron chi connectivity index (χ0n) is 10.1. The second kappa shape index (κ2) is 4.79. The van der Waals surface area contributed by atoms with Crippen LogP contribution < -0.4 is 0 Å². The van der Waals surface area contributed by atoms with E-state index in [-0.39, 0.29) is 5.92 Å². The van der Waals surface area contributed by atoms with Gasteiger partial charge in [0.05, 0.1) is 18.5 Å². The van der Waals surface area contributed by atoms with Gasteiger partial charge in [0, 0.05) is 6.54 Å². The summed E-state index contributed by atoms with van der Waals surface area (Å²) < 4.78 is 1.85. The standard InChI is InChI=1S/C10H17N5O2/c1-7(10(16)17)5-14(2)6-9-11-12-13-15(9)8-3-4-8/h7-8H,3-6H2,1-2H3,(H,16,17). The molecule has 0 aliphatic heterocycles. The molecule has 1 saturated carbocycles. The van der Waals surface area contributed by atoms with E-state index in [2.05, 4.69) is 15.5 Å². The third kappa shape index (κ3) is 3.00. The van der Waals surface area contributed by atoms with Crippen molar-refractivity contribution >= 4 is 5.97 Å². The molecule has 0 radical (unpaired) electrons. The number of carboxylic acids is 1. The van der Waals surface area contributed by atoms with Gasteiger partial charge < -0.3 is 5.11 Å². The maximum atomic E-state index is 10.8. The van der Waals surface area contributed by atoms with Crippen LogP contribution in [0.2, 0.25) is 0 Å². The minimum atomic E-state index is -0.779. The molecule has 1 heterocycles. The Morgan fingerprint density at radius 3 is 2.94 bits per heavy atom. The van der Waals surface area contributed by atoms with Crippen molar-refractivity contribution in [3.63, 3.8) is 0 Å². The van der Waals surface area contributed by atoms with Gasteiger partial charge in [-0.05, 0) is 30.3 Å². The topological polar surface area (TPSA) is 84.1 Å². The summed E-state index contributed by atoms with van der Waals surface area (Å²) >= 11 is 0. The van der Waals surface area contributed by atoms with Crippen molar-refractivity contribution in [1.82, 2.24) is 25.1 Å². The van der Waals surface area contributed by atoms with Gasteiger partial charge in [0.15, 0.2) is 5.82 Å². The highest BCUT2D eigenvalue weighted by atomic mass is 16.4. The number of rotatable bonds is 6. The molecule has 1 fully saturated rings. The Morgan fingerprint density at radius 1 is 1.65 bits per heavy atom. The first kappa shape index (κ1) is 12.0. The monoisotopic (exact) mass is 239 g/mol. The van der Waals surface area contributed by atoms with Crippen LogP contribution >= 0.6 is 0 Å². The van der Waals surface area contributed by atoms with E-state index in [1.54, 1.807) is 6.92 Å². The average molecular weight is 239 g/mol. The fraction of sp³-hybridized carbons (Fsp3) is 0.800. The van der Waals surface area contributed by atoms with E-state index in [1.165, 1.54) is 0 Å². The van der Waals surface area contributed by atoms with E-state index < -0.39 is 5.97 Å². The Morgan fingerprint density at radius 2 is 2.35 bits per heavy atom. The molecule has 7 heteroatoms. The van der Waals surface area contributed by atoms with Gasteiger partial charge in [0.2, 0.25) is 0 Å². The predicted octanol–water partition coefficient (Wildman–Crippen LogP) is 0.160. The van der Waals surface area contributed by atoms with Crippen LogP contribution in [0.3, 0.4) is 0 Å². The van der Waals surface area contributed by atoms with Crippen molar-refractivity contribution in [2.24, 2.45) is 5.92 Å². The van der Waals surface area contributed by atoms with E-state index in [1.807, 2.05) is 16.6 Å². The number of carbonyl (C=O) groups is 1. The van der Waals surface area contributed by atoms with Crippen LogP contribution in [0.25, 0.3) is 0 Å². The van der Waals surface area contributed by atoms with Gasteiger partial charge in [-0.1, -0.05) is 6.92 Å². The van der Waals surface area contributed by atoms with E-state index >= 15 is 0 Å². The Kier molecular flexibility index (Phi) is 3.37. The van der Waals surface area contributed by atoms with Gasteiger partial charge in [0.1, 0.15) is 0 Å². The van der Waals surface area contributed by atoms with Crippen molar-refractivity contribution in [2.45, 2.75) is 32.4 Å². The highest BCUT2D eigenvalue weighted by molar-refractivity contribution is 5.69. The lowest BCUT2D eigenvalue weighted by atomic mass is 10.2. The van der Waals surface area contributed by atoms with Crippen molar-refractivity contribution in [3.05, 3.63) is 5.82 Å². The summed E-state index contributed by atoms with van der Waals surface area (Å²) in [5.74, 6) is -0.350. The minimum absolute atomic E-state index is 0.384. The molecule has 1 atom stereocenters. The predicted molar refractivity (Wildman–Crippen MR) is 59.2 cm³/mol. The highest BCUT2D eigenvalue weighted by Gasteiger charge is 2.28. The van der Waals surface area contributed by atoms with Crippen LogP contribution in [0, 0.1) is 5.92 Å². The molecule has 7 nitrogen and oxygen atoms in total. The fourth-order valence-electron chi connectivity index (χ4n) is 1.77. The largest absolute Gasteiger partial charge is 0.481 e. The van der Waals surface area contributed by atoms with Gasteiger partial charge >= 0.3 is 5.97 Å². The molecule has 0 bridgehead atoms. The minimum Gasteiger partial charge on any atom is -0.481 e. The lowest BCUT2D eigenvalue weighted by Crippen LogP contribution is -2.29. The third-order valence-corrected chi connectivity index (χ3v) is 2.87. The lowest BCUT2D eigenvalue weighted by molar-refractivity contribution is -0.141. The van der Waals surface area contributed by atoms with Crippen LogP contribution in [0.15, 0.2) is 0 Å². The van der Waals surface area contributed by atoms with Gasteiger partial charge in [-0.15, -0.1) is 5.10 Å². The van der Waals surface area contributed by atoms with Gasteiger partial charge in [-0.25, -0.2) is 4.68 Å². The van der Waals surface area contributed by atoms with Crippen LogP contribution in [0.5, 0.6) is 0 Å².